The molecule has 1 aliphatic heterocycles. The molecule has 1 fully saturated rings. The first kappa shape index (κ1) is 18.4. The third-order valence-electron chi connectivity index (χ3n) is 3.91. The fourth-order valence-corrected chi connectivity index (χ4v) is 4.03. The van der Waals surface area contributed by atoms with E-state index in [2.05, 4.69) is 18.6 Å². The van der Waals surface area contributed by atoms with Crippen LogP contribution in [-0.2, 0) is 15.0 Å². The van der Waals surface area contributed by atoms with Crippen LogP contribution in [0.15, 0.2) is 0 Å². The van der Waals surface area contributed by atoms with Crippen molar-refractivity contribution in [1.82, 2.24) is 9.03 Å². The van der Waals surface area contributed by atoms with E-state index in [1.807, 2.05) is 6.92 Å². The largest absolute Gasteiger partial charge is 0.481 e. The van der Waals surface area contributed by atoms with Crippen LogP contribution in [0.1, 0.15) is 52.9 Å². The van der Waals surface area contributed by atoms with Crippen LogP contribution >= 0.6 is 0 Å². The second kappa shape index (κ2) is 8.10. The van der Waals surface area contributed by atoms with Gasteiger partial charge in [0.25, 0.3) is 10.2 Å². The van der Waals surface area contributed by atoms with Crippen molar-refractivity contribution >= 4 is 16.2 Å². The zero-order valence-corrected chi connectivity index (χ0v) is 14.0. The minimum atomic E-state index is -3.49. The third-order valence-corrected chi connectivity index (χ3v) is 5.66. The molecule has 0 bridgehead atoms. The van der Waals surface area contributed by atoms with Gasteiger partial charge in [0, 0.05) is 19.1 Å². The minimum Gasteiger partial charge on any atom is -0.481 e. The highest BCUT2D eigenvalue weighted by atomic mass is 32.2. The molecule has 0 aromatic carbocycles. The molecule has 1 unspecified atom stereocenters. The van der Waals surface area contributed by atoms with Crippen LogP contribution in [-0.4, -0.2) is 42.9 Å². The van der Waals surface area contributed by atoms with E-state index in [1.54, 1.807) is 0 Å². The van der Waals surface area contributed by atoms with E-state index in [4.69, 9.17) is 5.11 Å². The van der Waals surface area contributed by atoms with E-state index < -0.39 is 22.1 Å². The molecule has 1 saturated heterocycles. The maximum Gasteiger partial charge on any atom is 0.306 e. The molecule has 0 aliphatic carbocycles. The Balaban J connectivity index is 2.41. The van der Waals surface area contributed by atoms with Gasteiger partial charge in [-0.15, -0.1) is 0 Å². The molecule has 0 spiro atoms. The van der Waals surface area contributed by atoms with E-state index >= 15 is 0 Å². The molecule has 124 valence electrons. The Hall–Kier alpha value is -0.660. The second-order valence-electron chi connectivity index (χ2n) is 6.36. The van der Waals surface area contributed by atoms with Crippen LogP contribution in [0, 0.1) is 11.8 Å². The van der Waals surface area contributed by atoms with Gasteiger partial charge in [0.15, 0.2) is 0 Å². The van der Waals surface area contributed by atoms with Crippen molar-refractivity contribution in [2.24, 2.45) is 11.8 Å². The maximum atomic E-state index is 12.2. The minimum absolute atomic E-state index is 0.0917. The Kier molecular flexibility index (Phi) is 7.09. The molecule has 0 saturated carbocycles. The SMILES string of the molecule is CC(C)CCCC(C)NS(=O)(=O)N1CCC(C(=O)O)CC1. The number of piperidine rings is 1. The van der Waals surface area contributed by atoms with Gasteiger partial charge in [-0.25, -0.2) is 0 Å². The van der Waals surface area contributed by atoms with Crippen LogP contribution in [0.2, 0.25) is 0 Å². The van der Waals surface area contributed by atoms with Gasteiger partial charge in [-0.1, -0.05) is 26.7 Å². The fraction of sp³-hybridized carbons (Fsp3) is 0.929. The first-order chi connectivity index (χ1) is 9.72. The van der Waals surface area contributed by atoms with Crippen molar-refractivity contribution in [3.63, 3.8) is 0 Å². The number of carboxylic acids is 1. The average Bonchev–Trinajstić information content (AvgIpc) is 2.37. The Morgan fingerprint density at radius 3 is 2.29 bits per heavy atom. The third kappa shape index (κ3) is 6.32. The summed E-state index contributed by atoms with van der Waals surface area (Å²) in [6.07, 6.45) is 3.69. The van der Waals surface area contributed by atoms with Crippen LogP contribution < -0.4 is 4.72 Å². The van der Waals surface area contributed by atoms with Crippen LogP contribution in [0.3, 0.4) is 0 Å². The fourth-order valence-electron chi connectivity index (χ4n) is 2.56. The Labute approximate surface area is 128 Å². The van der Waals surface area contributed by atoms with Crippen molar-refractivity contribution in [3.8, 4) is 0 Å². The molecule has 7 heteroatoms. The molecule has 1 heterocycles. The molecule has 1 rings (SSSR count). The van der Waals surface area contributed by atoms with E-state index in [9.17, 15) is 13.2 Å². The van der Waals surface area contributed by atoms with Crippen molar-refractivity contribution in [3.05, 3.63) is 0 Å². The zero-order chi connectivity index (χ0) is 16.0. The topological polar surface area (TPSA) is 86.7 Å². The normalized spacial score (nSPS) is 19.8. The number of rotatable bonds is 8. The lowest BCUT2D eigenvalue weighted by Gasteiger charge is -2.30. The summed E-state index contributed by atoms with van der Waals surface area (Å²) in [5.41, 5.74) is 0. The number of hydrogen-bond acceptors (Lipinski definition) is 3. The molecule has 6 nitrogen and oxygen atoms in total. The summed E-state index contributed by atoms with van der Waals surface area (Å²) in [6, 6.07) is -0.0917. The Morgan fingerprint density at radius 1 is 1.24 bits per heavy atom. The first-order valence-corrected chi connectivity index (χ1v) is 9.16. The second-order valence-corrected chi connectivity index (χ2v) is 8.06. The monoisotopic (exact) mass is 320 g/mol. The van der Waals surface area contributed by atoms with Gasteiger partial charge in [0.2, 0.25) is 0 Å². The molecule has 0 amide bonds. The molecule has 1 aliphatic rings. The quantitative estimate of drug-likeness (QED) is 0.714. The highest BCUT2D eigenvalue weighted by molar-refractivity contribution is 7.87. The van der Waals surface area contributed by atoms with Gasteiger partial charge in [0.05, 0.1) is 5.92 Å². The van der Waals surface area contributed by atoms with Crippen LogP contribution in [0.5, 0.6) is 0 Å². The molecule has 21 heavy (non-hydrogen) atoms. The summed E-state index contributed by atoms with van der Waals surface area (Å²) in [7, 11) is -3.49. The van der Waals surface area contributed by atoms with Crippen molar-refractivity contribution in [1.29, 1.82) is 0 Å². The first-order valence-electron chi connectivity index (χ1n) is 7.72. The van der Waals surface area contributed by atoms with Gasteiger partial charge in [-0.05, 0) is 32.1 Å². The van der Waals surface area contributed by atoms with Crippen molar-refractivity contribution in [2.45, 2.75) is 58.9 Å². The molecule has 0 radical (unpaired) electrons. The molecule has 2 N–H and O–H groups in total. The lowest BCUT2D eigenvalue weighted by molar-refractivity contribution is -0.142. The van der Waals surface area contributed by atoms with Gasteiger partial charge in [-0.2, -0.15) is 17.4 Å². The average molecular weight is 320 g/mol. The summed E-state index contributed by atoms with van der Waals surface area (Å²) in [5, 5.41) is 8.93. The maximum absolute atomic E-state index is 12.2. The van der Waals surface area contributed by atoms with Crippen LogP contribution in [0.4, 0.5) is 0 Å². The number of carbonyl (C=O) groups is 1. The van der Waals surface area contributed by atoms with Crippen LogP contribution in [0.25, 0.3) is 0 Å². The molecular formula is C14H28N2O4S. The number of nitrogens with zero attached hydrogens (tertiary/aromatic N) is 1. The summed E-state index contributed by atoms with van der Waals surface area (Å²) < 4.78 is 28.5. The summed E-state index contributed by atoms with van der Waals surface area (Å²) in [5.74, 6) is -0.620. The predicted octanol–water partition coefficient (Wildman–Crippen LogP) is 1.83. The number of nitrogens with one attached hydrogen (secondary N) is 1. The van der Waals surface area contributed by atoms with E-state index in [-0.39, 0.29) is 19.1 Å². The van der Waals surface area contributed by atoms with Gasteiger partial charge in [0.1, 0.15) is 0 Å². The lowest BCUT2D eigenvalue weighted by Crippen LogP contribution is -2.48. The lowest BCUT2D eigenvalue weighted by atomic mass is 9.99. The van der Waals surface area contributed by atoms with E-state index in [1.165, 1.54) is 4.31 Å². The van der Waals surface area contributed by atoms with Crippen molar-refractivity contribution < 1.29 is 18.3 Å². The Bertz CT molecular complexity index is 428. The molecular weight excluding hydrogens is 292 g/mol. The predicted molar refractivity (Wildman–Crippen MR) is 82.1 cm³/mol. The molecule has 0 aromatic heterocycles. The zero-order valence-electron chi connectivity index (χ0n) is 13.2. The smallest absolute Gasteiger partial charge is 0.306 e. The number of aliphatic carboxylic acids is 1. The van der Waals surface area contributed by atoms with Crippen molar-refractivity contribution in [2.75, 3.05) is 13.1 Å². The summed E-state index contributed by atoms with van der Waals surface area (Å²) in [4.78, 5) is 10.9. The summed E-state index contributed by atoms with van der Waals surface area (Å²) >= 11 is 0. The van der Waals surface area contributed by atoms with Gasteiger partial charge < -0.3 is 5.11 Å². The highest BCUT2D eigenvalue weighted by Gasteiger charge is 2.31. The van der Waals surface area contributed by atoms with Gasteiger partial charge in [-0.3, -0.25) is 4.79 Å². The number of hydrogen-bond donors (Lipinski definition) is 2. The van der Waals surface area contributed by atoms with E-state index in [0.29, 0.717) is 18.8 Å². The number of carboxylic acid groups (broad SMARTS) is 1. The highest BCUT2D eigenvalue weighted by Crippen LogP contribution is 2.19. The van der Waals surface area contributed by atoms with E-state index in [0.717, 1.165) is 19.3 Å². The molecule has 1 atom stereocenters. The Morgan fingerprint density at radius 2 is 1.81 bits per heavy atom. The summed E-state index contributed by atoms with van der Waals surface area (Å²) in [6.45, 7) is 6.75. The molecule has 0 aromatic rings. The van der Waals surface area contributed by atoms with Gasteiger partial charge >= 0.3 is 5.97 Å². The standard InChI is InChI=1S/C14H28N2O4S/c1-11(2)5-4-6-12(3)15-21(19,20)16-9-7-13(8-10-16)14(17)18/h11-13,15H,4-10H2,1-3H3,(H,17,18).